The molecule has 0 aliphatic rings. The average Bonchev–Trinajstić information content (AvgIpc) is 2.62. The monoisotopic (exact) mass is 414 g/mol. The Bertz CT molecular complexity index is 829. The van der Waals surface area contributed by atoms with Gasteiger partial charge in [-0.05, 0) is 70.9 Å². The first-order chi connectivity index (χ1) is 12.5. The zero-order valence-corrected chi connectivity index (χ0v) is 15.9. The van der Waals surface area contributed by atoms with Crippen molar-refractivity contribution in [1.82, 2.24) is 0 Å². The van der Waals surface area contributed by atoms with E-state index in [2.05, 4.69) is 33.1 Å². The second-order valence-corrected chi connectivity index (χ2v) is 6.22. The van der Waals surface area contributed by atoms with Crippen LogP contribution in [0.3, 0.4) is 0 Å². The van der Waals surface area contributed by atoms with Crippen LogP contribution in [0.1, 0.15) is 12.5 Å². The maximum atomic E-state index is 12.0. The summed E-state index contributed by atoms with van der Waals surface area (Å²) in [5.74, 6) is 0.183. The molecule has 0 bridgehead atoms. The molecule has 2 N–H and O–H groups in total. The number of anilines is 2. The van der Waals surface area contributed by atoms with Crippen LogP contribution >= 0.6 is 15.9 Å². The molecule has 0 aliphatic heterocycles. The van der Waals surface area contributed by atoms with Crippen LogP contribution in [0.5, 0.6) is 5.75 Å². The van der Waals surface area contributed by atoms with Gasteiger partial charge in [0.1, 0.15) is 5.75 Å². The lowest BCUT2D eigenvalue weighted by molar-refractivity contribution is -0.112. The Morgan fingerprint density at radius 3 is 2.50 bits per heavy atom. The van der Waals surface area contributed by atoms with Crippen molar-refractivity contribution < 1.29 is 14.3 Å². The molecule has 0 heterocycles. The number of ether oxygens (including phenoxy) is 1. The van der Waals surface area contributed by atoms with Crippen LogP contribution in [0, 0.1) is 0 Å². The molecule has 0 atom stereocenters. The fraction of sp³-hybridized carbons (Fsp3) is 0.100. The lowest BCUT2D eigenvalue weighted by atomic mass is 10.2. The van der Waals surface area contributed by atoms with Gasteiger partial charge in [-0.3, -0.25) is 9.59 Å². The molecule has 0 radical (unpaired) electrons. The molecule has 134 valence electrons. The number of halogens is 1. The minimum absolute atomic E-state index is 0.244. The van der Waals surface area contributed by atoms with Gasteiger partial charge in [0.25, 0.3) is 5.91 Å². The first-order valence-electron chi connectivity index (χ1n) is 7.95. The van der Waals surface area contributed by atoms with Crippen molar-refractivity contribution in [2.75, 3.05) is 17.2 Å². The number of rotatable bonds is 7. The van der Waals surface area contributed by atoms with Crippen molar-refractivity contribution >= 4 is 45.2 Å². The molecule has 0 aromatic heterocycles. The Balaban J connectivity index is 1.97. The van der Waals surface area contributed by atoms with E-state index in [9.17, 15) is 9.59 Å². The van der Waals surface area contributed by atoms with Crippen molar-refractivity contribution in [3.8, 4) is 5.75 Å². The van der Waals surface area contributed by atoms with Crippen LogP contribution in [-0.2, 0) is 9.59 Å². The quantitative estimate of drug-likeness (QED) is 0.651. The number of carbonyl (C=O) groups is 2. The van der Waals surface area contributed by atoms with E-state index in [1.54, 1.807) is 48.5 Å². The molecule has 5 nitrogen and oxygen atoms in total. The third-order valence-corrected chi connectivity index (χ3v) is 3.61. The van der Waals surface area contributed by atoms with Gasteiger partial charge in [-0.1, -0.05) is 18.7 Å². The van der Waals surface area contributed by atoms with Crippen LogP contribution in [-0.4, -0.2) is 18.4 Å². The molecule has 2 amide bonds. The van der Waals surface area contributed by atoms with Gasteiger partial charge in [-0.15, -0.1) is 0 Å². The lowest BCUT2D eigenvalue weighted by Crippen LogP contribution is -2.10. The summed E-state index contributed by atoms with van der Waals surface area (Å²) >= 11 is 3.03. The van der Waals surface area contributed by atoms with Gasteiger partial charge in [-0.25, -0.2) is 0 Å². The number of hydrogen-bond donors (Lipinski definition) is 2. The van der Waals surface area contributed by atoms with Crippen LogP contribution < -0.4 is 15.4 Å². The summed E-state index contributed by atoms with van der Waals surface area (Å²) < 4.78 is 5.60. The fourth-order valence-corrected chi connectivity index (χ4v) is 2.18. The summed E-state index contributed by atoms with van der Waals surface area (Å²) in [6.45, 7) is 6.03. The zero-order valence-electron chi connectivity index (χ0n) is 14.3. The lowest BCUT2D eigenvalue weighted by Gasteiger charge is -2.06. The molecule has 0 fully saturated rings. The first kappa shape index (κ1) is 19.5. The highest BCUT2D eigenvalue weighted by molar-refractivity contribution is 9.12. The normalized spacial score (nSPS) is 10.4. The molecular formula is C20H19BrN2O3. The molecule has 0 aliphatic carbocycles. The Hall–Kier alpha value is -2.86. The SMILES string of the molecule is C=C(Br)C(=O)Nc1cccc(/C=C/C(=O)Nc2ccc(OCC)cc2)c1. The smallest absolute Gasteiger partial charge is 0.262 e. The van der Waals surface area contributed by atoms with Gasteiger partial charge in [-0.2, -0.15) is 0 Å². The molecule has 2 aromatic rings. The van der Waals surface area contributed by atoms with Crippen molar-refractivity contribution in [2.24, 2.45) is 0 Å². The van der Waals surface area contributed by atoms with Crippen molar-refractivity contribution in [3.05, 3.63) is 71.2 Å². The van der Waals surface area contributed by atoms with Gasteiger partial charge in [0.15, 0.2) is 0 Å². The standard InChI is InChI=1S/C20H19BrN2O3/c1-3-26-18-10-8-16(9-11-18)22-19(24)12-7-15-5-4-6-17(13-15)23-20(25)14(2)21/h4-13H,2-3H2,1H3,(H,22,24)(H,23,25)/b12-7+. The maximum Gasteiger partial charge on any atom is 0.262 e. The van der Waals surface area contributed by atoms with Gasteiger partial charge in [0.05, 0.1) is 11.1 Å². The molecule has 2 aromatic carbocycles. The van der Waals surface area contributed by atoms with Crippen molar-refractivity contribution in [2.45, 2.75) is 6.92 Å². The molecule has 2 rings (SSSR count). The largest absolute Gasteiger partial charge is 0.494 e. The van der Waals surface area contributed by atoms with Crippen LogP contribution in [0.4, 0.5) is 11.4 Å². The topological polar surface area (TPSA) is 67.4 Å². The minimum Gasteiger partial charge on any atom is -0.494 e. The van der Waals surface area contributed by atoms with Crippen LogP contribution in [0.2, 0.25) is 0 Å². The summed E-state index contributed by atoms with van der Waals surface area (Å²) in [7, 11) is 0. The summed E-state index contributed by atoms with van der Waals surface area (Å²) in [6.07, 6.45) is 3.10. The van der Waals surface area contributed by atoms with E-state index >= 15 is 0 Å². The van der Waals surface area contributed by atoms with Crippen molar-refractivity contribution in [1.29, 1.82) is 0 Å². The summed E-state index contributed by atoms with van der Waals surface area (Å²) in [6, 6.07) is 14.3. The second-order valence-electron chi connectivity index (χ2n) is 5.26. The van der Waals surface area contributed by atoms with E-state index in [0.717, 1.165) is 11.3 Å². The molecule has 0 saturated carbocycles. The summed E-state index contributed by atoms with van der Waals surface area (Å²) in [5, 5.41) is 5.47. The van der Waals surface area contributed by atoms with Crippen LogP contribution in [0.25, 0.3) is 6.08 Å². The van der Waals surface area contributed by atoms with E-state index in [1.807, 2.05) is 13.0 Å². The number of carbonyl (C=O) groups excluding carboxylic acids is 2. The molecule has 0 saturated heterocycles. The van der Waals surface area contributed by atoms with Crippen molar-refractivity contribution in [3.63, 3.8) is 0 Å². The van der Waals surface area contributed by atoms with Crippen LogP contribution in [0.15, 0.2) is 65.7 Å². The third-order valence-electron chi connectivity index (χ3n) is 3.25. The highest BCUT2D eigenvalue weighted by Gasteiger charge is 2.04. The number of amides is 2. The predicted octanol–water partition coefficient (Wildman–Crippen LogP) is 4.58. The van der Waals surface area contributed by atoms with Gasteiger partial charge in [0, 0.05) is 17.5 Å². The minimum atomic E-state index is -0.320. The highest BCUT2D eigenvalue weighted by atomic mass is 79.9. The third kappa shape index (κ3) is 6.22. The average molecular weight is 415 g/mol. The summed E-state index contributed by atoms with van der Waals surface area (Å²) in [5.41, 5.74) is 2.08. The number of nitrogens with one attached hydrogen (secondary N) is 2. The Morgan fingerprint density at radius 1 is 1.12 bits per heavy atom. The molecule has 6 heteroatoms. The molecule has 0 unspecified atom stereocenters. The molecule has 26 heavy (non-hydrogen) atoms. The molecule has 0 spiro atoms. The van der Waals surface area contributed by atoms with E-state index in [-0.39, 0.29) is 16.3 Å². The second kappa shape index (κ2) is 9.58. The van der Waals surface area contributed by atoms with E-state index in [0.29, 0.717) is 18.0 Å². The van der Waals surface area contributed by atoms with E-state index in [1.165, 1.54) is 6.08 Å². The summed E-state index contributed by atoms with van der Waals surface area (Å²) in [4.78, 5) is 23.6. The van der Waals surface area contributed by atoms with Gasteiger partial charge in [0.2, 0.25) is 5.91 Å². The van der Waals surface area contributed by atoms with E-state index in [4.69, 9.17) is 4.74 Å². The van der Waals surface area contributed by atoms with Gasteiger partial charge >= 0.3 is 0 Å². The number of hydrogen-bond acceptors (Lipinski definition) is 3. The Morgan fingerprint density at radius 2 is 1.85 bits per heavy atom. The maximum absolute atomic E-state index is 12.0. The number of benzene rings is 2. The zero-order chi connectivity index (χ0) is 18.9. The predicted molar refractivity (Wildman–Crippen MR) is 108 cm³/mol. The van der Waals surface area contributed by atoms with E-state index < -0.39 is 0 Å². The Labute approximate surface area is 160 Å². The van der Waals surface area contributed by atoms with Gasteiger partial charge < -0.3 is 15.4 Å². The highest BCUT2D eigenvalue weighted by Crippen LogP contribution is 2.16. The fourth-order valence-electron chi connectivity index (χ4n) is 2.08. The first-order valence-corrected chi connectivity index (χ1v) is 8.75. The Kier molecular flexibility index (Phi) is 7.17. The molecular weight excluding hydrogens is 396 g/mol.